The van der Waals surface area contributed by atoms with E-state index in [1.807, 2.05) is 33.3 Å². The van der Waals surface area contributed by atoms with E-state index in [2.05, 4.69) is 86.8 Å². The van der Waals surface area contributed by atoms with E-state index in [4.69, 9.17) is 13.8 Å². The van der Waals surface area contributed by atoms with Crippen LogP contribution in [0.4, 0.5) is 0 Å². The summed E-state index contributed by atoms with van der Waals surface area (Å²) >= 11 is 0. The molecule has 0 spiro atoms. The van der Waals surface area contributed by atoms with E-state index in [0.717, 1.165) is 89.9 Å². The summed E-state index contributed by atoms with van der Waals surface area (Å²) < 4.78 is 30.8. The Morgan fingerprint density at radius 2 is 0.790 bits per heavy atom. The number of hydrogen-bond donors (Lipinski definition) is 2. The molecule has 9 nitrogen and oxygen atoms in total. The predicted molar refractivity (Wildman–Crippen MR) is 351 cm³/mol. The molecule has 3 atom stereocenters. The van der Waals surface area contributed by atoms with Gasteiger partial charge in [-0.1, -0.05) is 299 Å². The van der Waals surface area contributed by atoms with Crippen molar-refractivity contribution >= 4 is 19.7 Å². The van der Waals surface area contributed by atoms with Gasteiger partial charge >= 0.3 is 13.8 Å². The van der Waals surface area contributed by atoms with Gasteiger partial charge in [0.15, 0.2) is 0 Å². The van der Waals surface area contributed by atoms with Gasteiger partial charge in [-0.2, -0.15) is 0 Å². The summed E-state index contributed by atoms with van der Waals surface area (Å²) in [5, 5.41) is 3.07. The highest BCUT2D eigenvalue weighted by Gasteiger charge is 2.30. The highest BCUT2D eigenvalue weighted by atomic mass is 31.2. The van der Waals surface area contributed by atoms with Gasteiger partial charge in [0.05, 0.1) is 33.8 Å². The normalized spacial score (nSPS) is 14.0. The zero-order valence-corrected chi connectivity index (χ0v) is 54.9. The molecule has 0 fully saturated rings. The van der Waals surface area contributed by atoms with E-state index >= 15 is 0 Å². The number of nitrogens with one attached hydrogen (secondary N) is 1. The molecule has 0 rings (SSSR count). The van der Waals surface area contributed by atoms with Crippen LogP contribution in [0.3, 0.4) is 0 Å². The molecule has 0 radical (unpaired) electrons. The van der Waals surface area contributed by atoms with E-state index in [1.54, 1.807) is 0 Å². The Balaban J connectivity index is 5.05. The van der Waals surface area contributed by atoms with Gasteiger partial charge in [0.25, 0.3) is 0 Å². The lowest BCUT2D eigenvalue weighted by Crippen LogP contribution is -2.47. The van der Waals surface area contributed by atoms with Crippen LogP contribution in [-0.4, -0.2) is 74.3 Å². The van der Waals surface area contributed by atoms with Crippen molar-refractivity contribution in [2.45, 2.75) is 328 Å². The maximum atomic E-state index is 13.6. The van der Waals surface area contributed by atoms with Gasteiger partial charge in [-0.15, -0.1) is 0 Å². The number of phosphoric ester groups is 1. The van der Waals surface area contributed by atoms with Crippen LogP contribution in [0.5, 0.6) is 0 Å². The van der Waals surface area contributed by atoms with Gasteiger partial charge in [0, 0.05) is 12.8 Å². The van der Waals surface area contributed by atoms with Crippen molar-refractivity contribution in [3.8, 4) is 0 Å². The van der Waals surface area contributed by atoms with Crippen LogP contribution < -0.4 is 5.32 Å². The average molecular weight is 1160 g/mol. The van der Waals surface area contributed by atoms with Crippen LogP contribution in [0, 0.1) is 0 Å². The van der Waals surface area contributed by atoms with Crippen molar-refractivity contribution < 1.29 is 37.3 Å². The van der Waals surface area contributed by atoms with Gasteiger partial charge in [0.1, 0.15) is 19.3 Å². The van der Waals surface area contributed by atoms with Gasteiger partial charge in [0.2, 0.25) is 5.91 Å². The number of hydrogen-bond acceptors (Lipinski definition) is 6. The summed E-state index contributed by atoms with van der Waals surface area (Å²) in [6, 6.07) is -0.849. The third kappa shape index (κ3) is 61.8. The fourth-order valence-corrected chi connectivity index (χ4v) is 10.6. The topological polar surface area (TPSA) is 111 Å². The molecular weight excluding hydrogens is 1020 g/mol. The molecule has 0 aromatic carbocycles. The number of ether oxygens (including phenoxy) is 1. The number of allylic oxidation sites excluding steroid dienone is 11. The number of carbonyl (C=O) groups excluding carboxylic acids is 2. The first-order valence-corrected chi connectivity index (χ1v) is 35.8. The molecule has 0 aliphatic rings. The van der Waals surface area contributed by atoms with Crippen LogP contribution >= 0.6 is 7.82 Å². The molecule has 0 saturated carbocycles. The van der Waals surface area contributed by atoms with Crippen LogP contribution in [0.15, 0.2) is 72.9 Å². The quantitative estimate of drug-likeness (QED) is 0.0205. The van der Waals surface area contributed by atoms with Crippen molar-refractivity contribution in [1.29, 1.82) is 0 Å². The Hall–Kier alpha value is -2.55. The Morgan fingerprint density at radius 1 is 0.444 bits per heavy atom. The number of unbranched alkanes of at least 4 members (excludes halogenated alkanes) is 36. The lowest BCUT2D eigenvalue weighted by Gasteiger charge is -2.27. The fourth-order valence-electron chi connectivity index (χ4n) is 9.91. The monoisotopic (exact) mass is 1160 g/mol. The Bertz CT molecular complexity index is 1620. The highest BCUT2D eigenvalue weighted by Crippen LogP contribution is 2.43. The Labute approximate surface area is 502 Å². The Morgan fingerprint density at radius 3 is 1.19 bits per heavy atom. The van der Waals surface area contributed by atoms with Crippen molar-refractivity contribution in [2.24, 2.45) is 0 Å². The Kier molecular flexibility index (Phi) is 58.7. The molecule has 0 bridgehead atoms. The van der Waals surface area contributed by atoms with Gasteiger partial charge in [-0.05, 0) is 76.7 Å². The maximum absolute atomic E-state index is 13.6. The summed E-state index contributed by atoms with van der Waals surface area (Å²) in [5.41, 5.74) is 0. The lowest BCUT2D eigenvalue weighted by molar-refractivity contribution is -0.870. The highest BCUT2D eigenvalue weighted by molar-refractivity contribution is 7.47. The first-order chi connectivity index (χ1) is 39.4. The second-order valence-electron chi connectivity index (χ2n) is 24.3. The van der Waals surface area contributed by atoms with E-state index in [0.29, 0.717) is 17.4 Å². The van der Waals surface area contributed by atoms with Crippen LogP contribution in [0.1, 0.15) is 316 Å². The number of phosphoric acid groups is 1. The molecule has 3 unspecified atom stereocenters. The van der Waals surface area contributed by atoms with E-state index in [9.17, 15) is 19.0 Å². The molecular formula is C71H132N2O7P+. The first-order valence-electron chi connectivity index (χ1n) is 34.3. The average Bonchev–Trinajstić information content (AvgIpc) is 3.44. The van der Waals surface area contributed by atoms with Crippen LogP contribution in [0.25, 0.3) is 0 Å². The molecule has 0 aliphatic carbocycles. The molecule has 0 saturated heterocycles. The zero-order valence-electron chi connectivity index (χ0n) is 54.0. The largest absolute Gasteiger partial charge is 0.472 e. The molecule has 81 heavy (non-hydrogen) atoms. The molecule has 2 N–H and O–H groups in total. The second-order valence-corrected chi connectivity index (χ2v) is 25.8. The van der Waals surface area contributed by atoms with E-state index < -0.39 is 20.0 Å². The van der Waals surface area contributed by atoms with E-state index in [1.165, 1.54) is 193 Å². The summed E-state index contributed by atoms with van der Waals surface area (Å²) in [6.45, 7) is 6.93. The molecule has 0 aromatic heterocycles. The summed E-state index contributed by atoms with van der Waals surface area (Å²) in [7, 11) is 1.50. The molecule has 472 valence electrons. The molecule has 10 heteroatoms. The van der Waals surface area contributed by atoms with Crippen LogP contribution in [-0.2, 0) is 27.9 Å². The number of likely N-dealkylation sites (N-methyl/N-ethyl adjacent to an activating group) is 1. The van der Waals surface area contributed by atoms with Crippen LogP contribution in [0.2, 0.25) is 0 Å². The van der Waals surface area contributed by atoms with Crippen molar-refractivity contribution in [3.05, 3.63) is 72.9 Å². The van der Waals surface area contributed by atoms with Gasteiger partial charge in [-0.25, -0.2) is 4.57 Å². The van der Waals surface area contributed by atoms with Crippen molar-refractivity contribution in [2.75, 3.05) is 40.9 Å². The summed E-state index contributed by atoms with van der Waals surface area (Å²) in [5.74, 6) is -0.498. The fraction of sp³-hybridized carbons (Fsp3) is 0.803. The molecule has 0 heterocycles. The zero-order chi connectivity index (χ0) is 59.3. The molecule has 1 amide bonds. The smallest absolute Gasteiger partial charge is 0.456 e. The summed E-state index contributed by atoms with van der Waals surface area (Å²) in [4.78, 5) is 37.8. The maximum Gasteiger partial charge on any atom is 0.472 e. The number of rotatable bonds is 62. The number of esters is 1. The van der Waals surface area contributed by atoms with Gasteiger partial charge < -0.3 is 19.4 Å². The third-order valence-electron chi connectivity index (χ3n) is 15.2. The van der Waals surface area contributed by atoms with E-state index in [-0.39, 0.29) is 31.5 Å². The SMILES string of the molecule is CC/C=C\C/C=C\C/C=C\C/C=C\C/C=C\CCCCCCCCCCCCCC(=O)OC(/C=C\CCCCCCCCCCCC)C(COP(=O)(O)OCC[N+](C)(C)C)NC(=O)CCCCCCCCCCCCCCCCCC. The first kappa shape index (κ1) is 78.5. The number of nitrogens with zero attached hydrogens (tertiary/aromatic N) is 1. The third-order valence-corrected chi connectivity index (χ3v) is 16.1. The number of amides is 1. The lowest BCUT2D eigenvalue weighted by atomic mass is 10.0. The molecule has 0 aliphatic heterocycles. The minimum atomic E-state index is -4.45. The number of quaternary nitrogens is 1. The second kappa shape index (κ2) is 60.6. The predicted octanol–water partition coefficient (Wildman–Crippen LogP) is 21.6. The molecule has 0 aromatic rings. The minimum Gasteiger partial charge on any atom is -0.456 e. The minimum absolute atomic E-state index is 0.0399. The summed E-state index contributed by atoms with van der Waals surface area (Å²) in [6.07, 6.45) is 79.0. The van der Waals surface area contributed by atoms with Gasteiger partial charge in [-0.3, -0.25) is 18.6 Å². The standard InChI is InChI=1S/C71H131N2O7P/c1-7-10-13-16-19-22-25-28-30-32-33-34-35-36-37-38-39-40-41-42-44-46-49-52-55-58-61-64-71(75)80-69(62-59-56-53-50-47-27-24-21-18-15-12-9-3)68(67-79-81(76,77)78-66-65-73(4,5)6)72-70(74)63-60-57-54-51-48-45-43-31-29-26-23-20-17-14-11-8-2/h10,13,19,22,28,30,33-34,36-37,59,62,68-69H,7-9,11-12,14-18,20-21,23-27,29,31-32,35,38-58,60-61,63-67H2,1-6H3,(H-,72,74,76,77)/p+1/b13-10-,22-19-,30-28-,34-33-,37-36-,62-59-. The number of carbonyl (C=O) groups is 2. The van der Waals surface area contributed by atoms with Crippen molar-refractivity contribution in [3.63, 3.8) is 0 Å². The van der Waals surface area contributed by atoms with Crippen molar-refractivity contribution in [1.82, 2.24) is 5.32 Å².